The van der Waals surface area contributed by atoms with E-state index in [4.69, 9.17) is 9.26 Å². The molecule has 1 fully saturated rings. The van der Waals surface area contributed by atoms with Crippen molar-refractivity contribution in [2.75, 3.05) is 10.6 Å². The summed E-state index contributed by atoms with van der Waals surface area (Å²) in [6.45, 7) is 3.44. The third-order valence-corrected chi connectivity index (χ3v) is 7.27. The summed E-state index contributed by atoms with van der Waals surface area (Å²) in [5.74, 6) is -1.06. The monoisotopic (exact) mass is 532 g/mol. The van der Waals surface area contributed by atoms with Crippen LogP contribution in [0.15, 0.2) is 64.5 Å². The predicted octanol–water partition coefficient (Wildman–Crippen LogP) is 5.78. The van der Waals surface area contributed by atoms with E-state index in [0.29, 0.717) is 35.6 Å². The molecule has 0 aliphatic heterocycles. The number of carbonyl (C=O) groups excluding carboxylic acids is 2. The first kappa shape index (κ1) is 25.2. The number of aryl methyl sites for hydroxylation is 1. The lowest BCUT2D eigenvalue weighted by Crippen LogP contribution is -2.19. The van der Waals surface area contributed by atoms with Gasteiger partial charge in [-0.2, -0.15) is 0 Å². The Balaban J connectivity index is 1.25. The summed E-state index contributed by atoms with van der Waals surface area (Å²) in [4.78, 5) is 41.2. The predicted molar refractivity (Wildman–Crippen MR) is 140 cm³/mol. The number of hydrogen-bond acceptors (Lipinski definition) is 8. The lowest BCUT2D eigenvalue weighted by Gasteiger charge is -2.14. The first-order valence-electron chi connectivity index (χ1n) is 11.9. The van der Waals surface area contributed by atoms with Crippen LogP contribution in [0.1, 0.15) is 52.5 Å². The van der Waals surface area contributed by atoms with Crippen molar-refractivity contribution in [2.45, 2.75) is 38.2 Å². The number of benzene rings is 2. The highest BCUT2D eigenvalue weighted by Crippen LogP contribution is 2.48. The summed E-state index contributed by atoms with van der Waals surface area (Å²) in [6.07, 6.45) is 0.0683. The fourth-order valence-corrected chi connectivity index (χ4v) is 4.76. The van der Waals surface area contributed by atoms with E-state index in [1.165, 1.54) is 0 Å². The van der Waals surface area contributed by atoms with Gasteiger partial charge in [-0.15, -0.1) is 11.3 Å². The van der Waals surface area contributed by atoms with Gasteiger partial charge in [-0.25, -0.2) is 9.78 Å². The summed E-state index contributed by atoms with van der Waals surface area (Å²) in [7, 11) is 0. The van der Waals surface area contributed by atoms with Crippen molar-refractivity contribution >= 4 is 40.7 Å². The number of thiazole rings is 1. The highest BCUT2D eigenvalue weighted by Gasteiger charge is 2.51. The molecule has 38 heavy (non-hydrogen) atoms. The van der Waals surface area contributed by atoms with E-state index in [1.54, 1.807) is 43.5 Å². The standard InChI is InChI=1S/C27H24N4O6S/c1-15-21(30-26(35)36-16(2)17-6-4-3-5-7-17)22(37-31-15)20-14-38-24(29-20)23(32)28-19-10-8-18(9-11-19)27(12-13-27)25(33)34/h3-11,14,16H,12-13H2,1-2H3,(H,28,32)(H,30,35)(H,33,34). The number of amides is 2. The van der Waals surface area contributed by atoms with E-state index in [2.05, 4.69) is 20.8 Å². The first-order valence-corrected chi connectivity index (χ1v) is 12.7. The lowest BCUT2D eigenvalue weighted by molar-refractivity contribution is -0.140. The van der Waals surface area contributed by atoms with E-state index in [9.17, 15) is 19.5 Å². The normalized spacial score (nSPS) is 14.4. The Hall–Kier alpha value is -4.51. The van der Waals surface area contributed by atoms with Gasteiger partial charge in [0.15, 0.2) is 5.01 Å². The molecule has 0 bridgehead atoms. The van der Waals surface area contributed by atoms with Crippen LogP contribution in [0.5, 0.6) is 0 Å². The third-order valence-electron chi connectivity index (χ3n) is 6.43. The van der Waals surface area contributed by atoms with Crippen molar-refractivity contribution in [3.05, 3.63) is 81.8 Å². The number of nitrogens with one attached hydrogen (secondary N) is 2. The largest absolute Gasteiger partial charge is 0.481 e. The SMILES string of the molecule is Cc1noc(-c2csc(C(=O)Nc3ccc(C4(C(=O)O)CC4)cc3)n2)c1NC(=O)OC(C)c1ccccc1. The van der Waals surface area contributed by atoms with Crippen LogP contribution < -0.4 is 10.6 Å². The van der Waals surface area contributed by atoms with Crippen LogP contribution in [0.4, 0.5) is 16.2 Å². The van der Waals surface area contributed by atoms with Crippen LogP contribution >= 0.6 is 11.3 Å². The molecule has 0 spiro atoms. The number of ether oxygens (including phenoxy) is 1. The molecule has 1 saturated carbocycles. The molecule has 3 N–H and O–H groups in total. The molecule has 2 aromatic heterocycles. The second kappa shape index (κ2) is 10.1. The van der Waals surface area contributed by atoms with Gasteiger partial charge in [-0.1, -0.05) is 47.6 Å². The van der Waals surface area contributed by atoms with Crippen LogP contribution in [0.2, 0.25) is 0 Å². The fourth-order valence-electron chi connectivity index (χ4n) is 4.07. The average Bonchev–Trinajstić information content (AvgIpc) is 3.45. The third kappa shape index (κ3) is 5.00. The molecule has 1 aliphatic carbocycles. The van der Waals surface area contributed by atoms with Gasteiger partial charge in [0.1, 0.15) is 23.2 Å². The Morgan fingerprint density at radius 3 is 2.45 bits per heavy atom. The zero-order chi connectivity index (χ0) is 26.9. The van der Waals surface area contributed by atoms with Crippen molar-refractivity contribution in [3.63, 3.8) is 0 Å². The Morgan fingerprint density at radius 1 is 1.08 bits per heavy atom. The molecule has 10 nitrogen and oxygen atoms in total. The number of nitrogens with zero attached hydrogens (tertiary/aromatic N) is 2. The van der Waals surface area contributed by atoms with E-state index in [-0.39, 0.29) is 10.8 Å². The molecule has 1 unspecified atom stereocenters. The minimum Gasteiger partial charge on any atom is -0.481 e. The van der Waals surface area contributed by atoms with Crippen molar-refractivity contribution in [1.82, 2.24) is 10.1 Å². The molecule has 0 radical (unpaired) electrons. The number of aliphatic carboxylic acids is 1. The molecule has 2 heterocycles. The number of carboxylic acid groups (broad SMARTS) is 1. The number of rotatable bonds is 8. The minimum atomic E-state index is -0.833. The van der Waals surface area contributed by atoms with E-state index < -0.39 is 29.5 Å². The molecular weight excluding hydrogens is 508 g/mol. The van der Waals surface area contributed by atoms with Crippen LogP contribution in [0.3, 0.4) is 0 Å². The number of anilines is 2. The maximum absolute atomic E-state index is 12.8. The summed E-state index contributed by atoms with van der Waals surface area (Å²) < 4.78 is 10.9. The second-order valence-corrected chi connectivity index (χ2v) is 9.87. The van der Waals surface area contributed by atoms with Gasteiger partial charge in [-0.05, 0) is 49.9 Å². The number of aromatic nitrogens is 2. The molecule has 11 heteroatoms. The topological polar surface area (TPSA) is 144 Å². The Morgan fingerprint density at radius 2 is 1.79 bits per heavy atom. The van der Waals surface area contributed by atoms with Gasteiger partial charge < -0.3 is 19.7 Å². The van der Waals surface area contributed by atoms with Gasteiger partial charge >= 0.3 is 12.1 Å². The fraction of sp³-hybridized carbons (Fsp3) is 0.222. The van der Waals surface area contributed by atoms with E-state index in [1.807, 2.05) is 30.3 Å². The highest BCUT2D eigenvalue weighted by atomic mass is 32.1. The van der Waals surface area contributed by atoms with Crippen molar-refractivity contribution in [2.24, 2.45) is 0 Å². The zero-order valence-corrected chi connectivity index (χ0v) is 21.4. The average molecular weight is 533 g/mol. The molecular formula is C27H24N4O6S. The van der Waals surface area contributed by atoms with Crippen molar-refractivity contribution in [3.8, 4) is 11.5 Å². The molecule has 5 rings (SSSR count). The van der Waals surface area contributed by atoms with Gasteiger partial charge in [0, 0.05) is 11.1 Å². The Bertz CT molecular complexity index is 1490. The highest BCUT2D eigenvalue weighted by molar-refractivity contribution is 7.12. The maximum atomic E-state index is 12.8. The summed E-state index contributed by atoms with van der Waals surface area (Å²) in [5, 5.41) is 20.6. The zero-order valence-electron chi connectivity index (χ0n) is 20.6. The van der Waals surface area contributed by atoms with Crippen LogP contribution in [0.25, 0.3) is 11.5 Å². The summed E-state index contributed by atoms with van der Waals surface area (Å²) in [6, 6.07) is 16.1. The summed E-state index contributed by atoms with van der Waals surface area (Å²) in [5.41, 5.74) is 2.35. The van der Waals surface area contributed by atoms with Crippen LogP contribution in [-0.2, 0) is 14.9 Å². The van der Waals surface area contributed by atoms with Gasteiger partial charge in [0.2, 0.25) is 5.76 Å². The maximum Gasteiger partial charge on any atom is 0.412 e. The molecule has 0 saturated heterocycles. The van der Waals surface area contributed by atoms with Crippen molar-refractivity contribution < 1.29 is 28.8 Å². The molecule has 1 atom stereocenters. The molecule has 2 aromatic carbocycles. The lowest BCUT2D eigenvalue weighted by atomic mass is 9.96. The molecule has 2 amide bonds. The smallest absolute Gasteiger partial charge is 0.412 e. The van der Waals surface area contributed by atoms with Gasteiger partial charge in [-0.3, -0.25) is 14.9 Å². The number of carbonyl (C=O) groups is 3. The van der Waals surface area contributed by atoms with E-state index in [0.717, 1.165) is 22.5 Å². The molecule has 4 aromatic rings. The number of carboxylic acids is 1. The molecule has 194 valence electrons. The van der Waals surface area contributed by atoms with Crippen molar-refractivity contribution in [1.29, 1.82) is 0 Å². The van der Waals surface area contributed by atoms with E-state index >= 15 is 0 Å². The minimum absolute atomic E-state index is 0.175. The number of hydrogen-bond donors (Lipinski definition) is 3. The van der Waals surface area contributed by atoms with Crippen LogP contribution in [-0.4, -0.2) is 33.2 Å². The molecule has 1 aliphatic rings. The first-order chi connectivity index (χ1) is 18.3. The van der Waals surface area contributed by atoms with Crippen LogP contribution in [0, 0.1) is 6.92 Å². The van der Waals surface area contributed by atoms with Gasteiger partial charge in [0.05, 0.1) is 5.41 Å². The summed E-state index contributed by atoms with van der Waals surface area (Å²) >= 11 is 1.11. The Kier molecular flexibility index (Phi) is 6.68. The Labute approximate surface area is 221 Å². The quantitative estimate of drug-likeness (QED) is 0.259. The van der Waals surface area contributed by atoms with Gasteiger partial charge in [0.25, 0.3) is 5.91 Å². The second-order valence-electron chi connectivity index (χ2n) is 9.01.